The van der Waals surface area contributed by atoms with Gasteiger partial charge in [0.05, 0.1) is 28.8 Å². The van der Waals surface area contributed by atoms with Crippen LogP contribution < -0.4 is 14.4 Å². The fraction of sp³-hybridized carbons (Fsp3) is 0.375. The molecular weight excluding hydrogens is 727 g/mol. The Hall–Kier alpha value is -4.45. The number of hydrogen-bond acceptors (Lipinski definition) is 8. The van der Waals surface area contributed by atoms with Crippen molar-refractivity contribution in [3.8, 4) is 11.5 Å². The summed E-state index contributed by atoms with van der Waals surface area (Å²) in [5.74, 6) is 0.00686. The average Bonchev–Trinajstić information content (AvgIpc) is 4.00. The number of nitrogens with zero attached hydrogens (tertiary/aromatic N) is 3. The molecule has 0 radical (unpaired) electrons. The molecule has 3 saturated heterocycles. The molecule has 2 atom stereocenters. The molecule has 1 aliphatic carbocycles. The van der Waals surface area contributed by atoms with E-state index in [0.717, 1.165) is 45.3 Å². The molecule has 4 aromatic rings. The first-order valence-corrected chi connectivity index (χ1v) is 18.5. The van der Waals surface area contributed by atoms with Gasteiger partial charge >= 0.3 is 18.7 Å². The SMILES string of the molecule is O=C(O[C@@H](Cc1c(Cl)cncc1Cl)c1ccc(OC(F)F)c(OCC2CC2)c1)c1cccc(CN(C(=O)O[C@H]2CN3CCC2CC3)c2ccccc2)c1. The molecule has 278 valence electrons. The minimum Gasteiger partial charge on any atom is -0.489 e. The summed E-state index contributed by atoms with van der Waals surface area (Å²) in [5.41, 5.74) is 2.52. The minimum atomic E-state index is -3.06. The quantitative estimate of drug-likeness (QED) is 0.118. The summed E-state index contributed by atoms with van der Waals surface area (Å²) in [6, 6.07) is 20.6. The van der Waals surface area contributed by atoms with E-state index < -0.39 is 24.8 Å². The number of halogens is 4. The number of pyridine rings is 1. The number of carbonyl (C=O) groups excluding carboxylic acids is 2. The largest absolute Gasteiger partial charge is 0.489 e. The van der Waals surface area contributed by atoms with Crippen LogP contribution in [0.1, 0.15) is 58.8 Å². The summed E-state index contributed by atoms with van der Waals surface area (Å²) < 4.78 is 49.5. The number of carbonyl (C=O) groups is 2. The maximum atomic E-state index is 13.9. The highest BCUT2D eigenvalue weighted by atomic mass is 35.5. The van der Waals surface area contributed by atoms with Crippen LogP contribution in [0, 0.1) is 11.8 Å². The second kappa shape index (κ2) is 16.7. The number of alkyl halides is 2. The van der Waals surface area contributed by atoms with E-state index in [0.29, 0.717) is 40.8 Å². The Morgan fingerprint density at radius 1 is 0.906 bits per heavy atom. The van der Waals surface area contributed by atoms with Crippen LogP contribution in [0.15, 0.2) is 85.2 Å². The average molecular weight is 767 g/mol. The predicted molar refractivity (Wildman–Crippen MR) is 196 cm³/mol. The smallest absolute Gasteiger partial charge is 0.414 e. The lowest BCUT2D eigenvalue weighted by Crippen LogP contribution is -2.53. The molecular formula is C40H39Cl2F2N3O6. The molecule has 1 aromatic heterocycles. The van der Waals surface area contributed by atoms with E-state index in [1.54, 1.807) is 23.1 Å². The predicted octanol–water partition coefficient (Wildman–Crippen LogP) is 9.16. The fourth-order valence-electron chi connectivity index (χ4n) is 6.85. The number of hydrogen-bond donors (Lipinski definition) is 0. The van der Waals surface area contributed by atoms with Gasteiger partial charge < -0.3 is 18.9 Å². The Labute approximate surface area is 316 Å². The third kappa shape index (κ3) is 9.38. The minimum absolute atomic E-state index is 0.0515. The monoisotopic (exact) mass is 765 g/mol. The Bertz CT molecular complexity index is 1890. The van der Waals surface area contributed by atoms with Crippen molar-refractivity contribution in [3.05, 3.63) is 117 Å². The van der Waals surface area contributed by atoms with E-state index in [-0.39, 0.29) is 46.2 Å². The molecule has 4 fully saturated rings. The number of esters is 1. The van der Waals surface area contributed by atoms with Gasteiger partial charge in [-0.1, -0.05) is 59.6 Å². The van der Waals surface area contributed by atoms with Gasteiger partial charge in [-0.15, -0.1) is 0 Å². The molecule has 9 nitrogen and oxygen atoms in total. The molecule has 1 amide bonds. The van der Waals surface area contributed by atoms with Crippen molar-refractivity contribution in [1.82, 2.24) is 9.88 Å². The third-order valence-corrected chi connectivity index (χ3v) is 10.6. The third-order valence-electron chi connectivity index (χ3n) is 9.96. The van der Waals surface area contributed by atoms with E-state index in [2.05, 4.69) is 9.88 Å². The molecule has 4 heterocycles. The highest BCUT2D eigenvalue weighted by molar-refractivity contribution is 6.35. The normalized spacial score (nSPS) is 19.8. The highest BCUT2D eigenvalue weighted by Gasteiger charge is 2.37. The van der Waals surface area contributed by atoms with Gasteiger partial charge in [0.25, 0.3) is 0 Å². The van der Waals surface area contributed by atoms with Gasteiger partial charge in [-0.25, -0.2) is 9.59 Å². The molecule has 2 bridgehead atoms. The maximum Gasteiger partial charge on any atom is 0.414 e. The number of para-hydroxylation sites is 1. The fourth-order valence-corrected chi connectivity index (χ4v) is 7.37. The second-order valence-corrected chi connectivity index (χ2v) is 14.5. The number of aromatic nitrogens is 1. The van der Waals surface area contributed by atoms with Gasteiger partial charge in [-0.2, -0.15) is 8.78 Å². The van der Waals surface area contributed by atoms with Crippen LogP contribution in [0.5, 0.6) is 11.5 Å². The van der Waals surface area contributed by atoms with Gasteiger partial charge in [-0.3, -0.25) is 14.8 Å². The van der Waals surface area contributed by atoms with E-state index >= 15 is 0 Å². The molecule has 3 aliphatic heterocycles. The standard InChI is InChI=1S/C40H39Cl2F2N3O6/c41-32-20-45-21-33(42)31(32)19-35(28-11-12-34(52-39(43)44)36(18-28)50-24-25-9-10-25)51-38(48)29-6-4-5-26(17-29)22-47(30-7-2-1-3-8-30)40(49)53-37-23-46-15-13-27(37)14-16-46/h1-8,11-12,17-18,20-21,25,27,35,37,39H,9-10,13-16,19,22-24H2/t35-,37-/m0/s1. The molecule has 53 heavy (non-hydrogen) atoms. The van der Waals surface area contributed by atoms with Crippen LogP contribution in [0.4, 0.5) is 19.3 Å². The summed E-state index contributed by atoms with van der Waals surface area (Å²) in [6.07, 6.45) is 5.34. The first-order valence-electron chi connectivity index (χ1n) is 17.7. The van der Waals surface area contributed by atoms with Gasteiger partial charge in [-0.05, 0) is 104 Å². The van der Waals surface area contributed by atoms with Crippen LogP contribution in [-0.4, -0.2) is 60.9 Å². The molecule has 1 saturated carbocycles. The molecule has 0 N–H and O–H groups in total. The molecule has 13 heteroatoms. The lowest BCUT2D eigenvalue weighted by Gasteiger charge is -2.44. The van der Waals surface area contributed by atoms with Crippen LogP contribution in [0.2, 0.25) is 10.0 Å². The zero-order chi connectivity index (χ0) is 36.9. The van der Waals surface area contributed by atoms with Crippen LogP contribution >= 0.6 is 23.2 Å². The number of anilines is 1. The van der Waals surface area contributed by atoms with Crippen molar-refractivity contribution in [3.63, 3.8) is 0 Å². The van der Waals surface area contributed by atoms with E-state index in [9.17, 15) is 18.4 Å². The Kier molecular flexibility index (Phi) is 11.6. The van der Waals surface area contributed by atoms with Crippen molar-refractivity contribution in [2.45, 2.75) is 57.5 Å². The zero-order valence-corrected chi connectivity index (χ0v) is 30.4. The van der Waals surface area contributed by atoms with Crippen molar-refractivity contribution >= 4 is 41.0 Å². The van der Waals surface area contributed by atoms with E-state index in [4.69, 9.17) is 42.1 Å². The van der Waals surface area contributed by atoms with Crippen LogP contribution in [-0.2, 0) is 22.4 Å². The lowest BCUT2D eigenvalue weighted by atomic mass is 9.86. The van der Waals surface area contributed by atoms with Gasteiger partial charge in [0.1, 0.15) is 12.2 Å². The Morgan fingerprint density at radius 3 is 2.34 bits per heavy atom. The molecule has 3 aromatic carbocycles. The first kappa shape index (κ1) is 36.9. The number of ether oxygens (including phenoxy) is 4. The number of amides is 1. The van der Waals surface area contributed by atoms with E-state index in [1.165, 1.54) is 30.6 Å². The van der Waals surface area contributed by atoms with Gasteiger partial charge in [0.2, 0.25) is 0 Å². The molecule has 0 unspecified atom stereocenters. The Balaban J connectivity index is 1.13. The summed E-state index contributed by atoms with van der Waals surface area (Å²) in [7, 11) is 0. The summed E-state index contributed by atoms with van der Waals surface area (Å²) in [4.78, 5) is 35.6. The van der Waals surface area contributed by atoms with Crippen LogP contribution in [0.25, 0.3) is 0 Å². The summed E-state index contributed by atoms with van der Waals surface area (Å²) in [6.45, 7) is 0.217. The van der Waals surface area contributed by atoms with Crippen molar-refractivity contribution < 1.29 is 37.3 Å². The number of piperidine rings is 3. The first-order chi connectivity index (χ1) is 25.7. The van der Waals surface area contributed by atoms with Crippen molar-refractivity contribution in [1.29, 1.82) is 0 Å². The number of benzene rings is 3. The second-order valence-electron chi connectivity index (χ2n) is 13.7. The lowest BCUT2D eigenvalue weighted by molar-refractivity contribution is -0.0515. The zero-order valence-electron chi connectivity index (χ0n) is 28.8. The molecule has 4 aliphatic rings. The van der Waals surface area contributed by atoms with Gasteiger partial charge in [0, 0.05) is 31.0 Å². The highest BCUT2D eigenvalue weighted by Crippen LogP contribution is 2.38. The molecule has 8 rings (SSSR count). The summed E-state index contributed by atoms with van der Waals surface area (Å²) >= 11 is 13.0. The van der Waals surface area contributed by atoms with Gasteiger partial charge in [0.15, 0.2) is 11.5 Å². The maximum absolute atomic E-state index is 13.9. The van der Waals surface area contributed by atoms with Crippen molar-refractivity contribution in [2.24, 2.45) is 11.8 Å². The van der Waals surface area contributed by atoms with E-state index in [1.807, 2.05) is 36.4 Å². The number of fused-ring (bicyclic) bond motifs is 3. The Morgan fingerprint density at radius 2 is 1.66 bits per heavy atom. The summed E-state index contributed by atoms with van der Waals surface area (Å²) in [5, 5.41) is 0.545. The topological polar surface area (TPSA) is 90.4 Å². The van der Waals surface area contributed by atoms with Crippen molar-refractivity contribution in [2.75, 3.05) is 31.1 Å². The molecule has 0 spiro atoms. The number of rotatable bonds is 14. The van der Waals surface area contributed by atoms with Crippen LogP contribution in [0.3, 0.4) is 0 Å².